The predicted octanol–water partition coefficient (Wildman–Crippen LogP) is 1.70. The third-order valence-electron chi connectivity index (χ3n) is 2.96. The fourth-order valence-electron chi connectivity index (χ4n) is 1.92. The molecule has 0 aliphatic carbocycles. The lowest BCUT2D eigenvalue weighted by molar-refractivity contribution is -0.116. The number of benzene rings is 1. The molecule has 22 heavy (non-hydrogen) atoms. The zero-order valence-electron chi connectivity index (χ0n) is 12.6. The first-order valence-corrected chi connectivity index (χ1v) is 6.63. The van der Waals surface area contributed by atoms with Crippen molar-refractivity contribution in [2.45, 2.75) is 6.92 Å². The lowest BCUT2D eigenvalue weighted by atomic mass is 10.2. The number of para-hydroxylation sites is 1. The lowest BCUT2D eigenvalue weighted by Crippen LogP contribution is -2.35. The van der Waals surface area contributed by atoms with Crippen LogP contribution in [-0.4, -0.2) is 42.6 Å². The van der Waals surface area contributed by atoms with Gasteiger partial charge in [-0.1, -0.05) is 17.3 Å². The highest BCUT2D eigenvalue weighted by atomic mass is 16.5. The fourth-order valence-corrected chi connectivity index (χ4v) is 1.92. The number of likely N-dealkylation sites (N-methyl/N-ethyl adjacent to an activating group) is 1. The second-order valence-electron chi connectivity index (χ2n) is 4.73. The number of anilines is 1. The molecule has 0 atom stereocenters. The van der Waals surface area contributed by atoms with Crippen LogP contribution >= 0.6 is 0 Å². The predicted molar refractivity (Wildman–Crippen MR) is 79.8 cm³/mol. The molecule has 2 amide bonds. The van der Waals surface area contributed by atoms with Gasteiger partial charge in [0.05, 0.1) is 19.2 Å². The Bertz CT molecular complexity index is 681. The van der Waals surface area contributed by atoms with Gasteiger partial charge >= 0.3 is 0 Å². The maximum Gasteiger partial charge on any atom is 0.257 e. The third-order valence-corrected chi connectivity index (χ3v) is 2.96. The Morgan fingerprint density at radius 1 is 1.36 bits per heavy atom. The molecular weight excluding hydrogens is 286 g/mol. The molecule has 0 aliphatic rings. The van der Waals surface area contributed by atoms with Crippen LogP contribution in [0.1, 0.15) is 16.1 Å². The van der Waals surface area contributed by atoms with E-state index in [0.29, 0.717) is 22.9 Å². The first kappa shape index (κ1) is 15.6. The Morgan fingerprint density at radius 3 is 2.73 bits per heavy atom. The standard InChI is InChI=1S/C15H17N3O4/c1-10-8-13(17-22-10)16-14(19)9-18(2)15(20)11-6-4-5-7-12(11)21-3/h4-8H,9H2,1-3H3,(H,16,17,19). The van der Waals surface area contributed by atoms with Gasteiger partial charge in [-0.2, -0.15) is 0 Å². The Labute approximate surface area is 127 Å². The van der Waals surface area contributed by atoms with Crippen molar-refractivity contribution in [3.8, 4) is 5.75 Å². The number of carbonyl (C=O) groups excluding carboxylic acids is 2. The highest BCUT2D eigenvalue weighted by Crippen LogP contribution is 2.18. The van der Waals surface area contributed by atoms with Crippen LogP contribution in [0.5, 0.6) is 5.75 Å². The average Bonchev–Trinajstić information content (AvgIpc) is 2.91. The molecule has 7 nitrogen and oxygen atoms in total. The molecule has 0 saturated carbocycles. The van der Waals surface area contributed by atoms with Crippen molar-refractivity contribution in [1.29, 1.82) is 0 Å². The molecule has 1 heterocycles. The van der Waals surface area contributed by atoms with E-state index in [-0.39, 0.29) is 18.4 Å². The summed E-state index contributed by atoms with van der Waals surface area (Å²) < 4.78 is 10.0. The van der Waals surface area contributed by atoms with Crippen molar-refractivity contribution < 1.29 is 18.8 Å². The van der Waals surface area contributed by atoms with E-state index in [1.54, 1.807) is 44.3 Å². The molecule has 0 radical (unpaired) electrons. The molecule has 2 aromatic rings. The van der Waals surface area contributed by atoms with Gasteiger partial charge in [-0.25, -0.2) is 0 Å². The number of hydrogen-bond donors (Lipinski definition) is 1. The summed E-state index contributed by atoms with van der Waals surface area (Å²) in [7, 11) is 3.04. The van der Waals surface area contributed by atoms with Crippen molar-refractivity contribution in [3.05, 3.63) is 41.7 Å². The minimum Gasteiger partial charge on any atom is -0.496 e. The number of carbonyl (C=O) groups is 2. The molecule has 0 bridgehead atoms. The number of amides is 2. The summed E-state index contributed by atoms with van der Waals surface area (Å²) in [5.41, 5.74) is 0.401. The highest BCUT2D eigenvalue weighted by Gasteiger charge is 2.18. The first-order valence-electron chi connectivity index (χ1n) is 6.63. The number of aryl methyl sites for hydroxylation is 1. The van der Waals surface area contributed by atoms with Crippen LogP contribution in [0.15, 0.2) is 34.9 Å². The maximum absolute atomic E-state index is 12.3. The molecule has 116 valence electrons. The van der Waals surface area contributed by atoms with Crippen LogP contribution in [0, 0.1) is 6.92 Å². The van der Waals surface area contributed by atoms with Crippen LogP contribution in [0.2, 0.25) is 0 Å². The Balaban J connectivity index is 2.00. The topological polar surface area (TPSA) is 84.7 Å². The molecular formula is C15H17N3O4. The number of hydrogen-bond acceptors (Lipinski definition) is 5. The van der Waals surface area contributed by atoms with E-state index in [1.807, 2.05) is 0 Å². The van der Waals surface area contributed by atoms with Crippen molar-refractivity contribution in [1.82, 2.24) is 10.1 Å². The van der Waals surface area contributed by atoms with Crippen molar-refractivity contribution in [3.63, 3.8) is 0 Å². The van der Waals surface area contributed by atoms with Gasteiger partial charge in [0.15, 0.2) is 5.82 Å². The van der Waals surface area contributed by atoms with Crippen LogP contribution < -0.4 is 10.1 Å². The number of rotatable bonds is 5. The monoisotopic (exact) mass is 303 g/mol. The van der Waals surface area contributed by atoms with Crippen molar-refractivity contribution in [2.24, 2.45) is 0 Å². The SMILES string of the molecule is COc1ccccc1C(=O)N(C)CC(=O)Nc1cc(C)on1. The summed E-state index contributed by atoms with van der Waals surface area (Å²) in [5, 5.41) is 6.22. The van der Waals surface area contributed by atoms with Crippen LogP contribution in [0.3, 0.4) is 0 Å². The molecule has 0 saturated heterocycles. The molecule has 0 unspecified atom stereocenters. The average molecular weight is 303 g/mol. The van der Waals surface area contributed by atoms with Gasteiger partial charge in [-0.3, -0.25) is 9.59 Å². The lowest BCUT2D eigenvalue weighted by Gasteiger charge is -2.17. The number of nitrogens with zero attached hydrogens (tertiary/aromatic N) is 2. The van der Waals surface area contributed by atoms with E-state index in [2.05, 4.69) is 10.5 Å². The van der Waals surface area contributed by atoms with Crippen molar-refractivity contribution in [2.75, 3.05) is 26.0 Å². The van der Waals surface area contributed by atoms with E-state index in [4.69, 9.17) is 9.26 Å². The molecule has 0 spiro atoms. The molecule has 0 aliphatic heterocycles. The normalized spacial score (nSPS) is 10.1. The summed E-state index contributed by atoms with van der Waals surface area (Å²) in [6.07, 6.45) is 0. The smallest absolute Gasteiger partial charge is 0.257 e. The van der Waals surface area contributed by atoms with E-state index >= 15 is 0 Å². The van der Waals surface area contributed by atoms with Gasteiger partial charge < -0.3 is 19.5 Å². The summed E-state index contributed by atoms with van der Waals surface area (Å²) in [5.74, 6) is 0.712. The second kappa shape index (κ2) is 6.75. The quantitative estimate of drug-likeness (QED) is 0.908. The Kier molecular flexibility index (Phi) is 4.77. The fraction of sp³-hybridized carbons (Fsp3) is 0.267. The summed E-state index contributed by atoms with van der Waals surface area (Å²) >= 11 is 0. The summed E-state index contributed by atoms with van der Waals surface area (Å²) in [6.45, 7) is 1.61. The molecule has 1 N–H and O–H groups in total. The zero-order valence-corrected chi connectivity index (χ0v) is 12.6. The van der Waals surface area contributed by atoms with Gasteiger partial charge in [0.2, 0.25) is 5.91 Å². The van der Waals surface area contributed by atoms with Gasteiger partial charge in [0.1, 0.15) is 11.5 Å². The Hall–Kier alpha value is -2.83. The summed E-state index contributed by atoms with van der Waals surface area (Å²) in [6, 6.07) is 8.45. The van der Waals surface area contributed by atoms with Crippen LogP contribution in [0.25, 0.3) is 0 Å². The van der Waals surface area contributed by atoms with Gasteiger partial charge in [0, 0.05) is 13.1 Å². The van der Waals surface area contributed by atoms with Crippen LogP contribution in [-0.2, 0) is 4.79 Å². The van der Waals surface area contributed by atoms with Crippen molar-refractivity contribution >= 4 is 17.6 Å². The molecule has 1 aromatic heterocycles. The van der Waals surface area contributed by atoms with Crippen LogP contribution in [0.4, 0.5) is 5.82 Å². The third kappa shape index (κ3) is 3.63. The number of aromatic nitrogens is 1. The number of methoxy groups -OCH3 is 1. The van der Waals surface area contributed by atoms with E-state index < -0.39 is 0 Å². The highest BCUT2D eigenvalue weighted by molar-refractivity contribution is 6.00. The molecule has 7 heteroatoms. The number of ether oxygens (including phenoxy) is 1. The maximum atomic E-state index is 12.3. The van der Waals surface area contributed by atoms with E-state index in [9.17, 15) is 9.59 Å². The van der Waals surface area contributed by atoms with Gasteiger partial charge in [-0.15, -0.1) is 0 Å². The molecule has 0 fully saturated rings. The van der Waals surface area contributed by atoms with E-state index in [0.717, 1.165) is 0 Å². The summed E-state index contributed by atoms with van der Waals surface area (Å²) in [4.78, 5) is 25.6. The number of nitrogens with one attached hydrogen (secondary N) is 1. The molecule has 1 aromatic carbocycles. The first-order chi connectivity index (χ1) is 10.5. The van der Waals surface area contributed by atoms with E-state index in [1.165, 1.54) is 12.0 Å². The van der Waals surface area contributed by atoms with Gasteiger partial charge in [0.25, 0.3) is 5.91 Å². The van der Waals surface area contributed by atoms with Gasteiger partial charge in [-0.05, 0) is 19.1 Å². The Morgan fingerprint density at radius 2 is 2.09 bits per heavy atom. The zero-order chi connectivity index (χ0) is 16.1. The minimum absolute atomic E-state index is 0.108. The molecule has 2 rings (SSSR count). The second-order valence-corrected chi connectivity index (χ2v) is 4.73. The minimum atomic E-state index is -0.362. The largest absolute Gasteiger partial charge is 0.496 e.